The fourth-order valence-corrected chi connectivity index (χ4v) is 3.65. The third-order valence-corrected chi connectivity index (χ3v) is 5.19. The number of aliphatic imine (C=N–C) groups is 1. The predicted octanol–water partition coefficient (Wildman–Crippen LogP) is 5.12. The molecule has 1 aliphatic carbocycles. The van der Waals surface area contributed by atoms with Gasteiger partial charge in [-0.15, -0.1) is 24.0 Å². The maximum absolute atomic E-state index is 6.03. The zero-order valence-electron chi connectivity index (χ0n) is 19.5. The average molecular weight is 556 g/mol. The molecule has 0 saturated heterocycles. The Morgan fingerprint density at radius 3 is 2.59 bits per heavy atom. The van der Waals surface area contributed by atoms with E-state index in [1.54, 1.807) is 4.68 Å². The third-order valence-electron chi connectivity index (χ3n) is 5.19. The van der Waals surface area contributed by atoms with Crippen molar-refractivity contribution in [2.24, 2.45) is 12.0 Å². The Kier molecular flexibility index (Phi) is 11.9. The summed E-state index contributed by atoms with van der Waals surface area (Å²) in [5.41, 5.74) is 2.04. The lowest BCUT2D eigenvalue weighted by atomic mass is 9.98. The van der Waals surface area contributed by atoms with E-state index in [0.717, 1.165) is 42.5 Å². The van der Waals surface area contributed by atoms with Crippen molar-refractivity contribution in [2.45, 2.75) is 71.1 Å². The maximum Gasteiger partial charge on any atom is 0.196 e. The molecule has 0 amide bonds. The van der Waals surface area contributed by atoms with E-state index in [9.17, 15) is 0 Å². The standard InChI is InChI=1S/C24H37N5O2.HI/c1-19(2)31-23-12-10-21(11-13-23)28-24(26-16-20-17-27-29(3)18-20)25-14-7-15-30-22-8-5-4-6-9-22;/h10-13,17-19,22H,4-9,14-16H2,1-3H3,(H2,25,26,28);1H. The normalized spacial score (nSPS) is 14.8. The number of aryl methyl sites for hydroxylation is 1. The van der Waals surface area contributed by atoms with Gasteiger partial charge in [-0.1, -0.05) is 19.3 Å². The number of hydrogen-bond donors (Lipinski definition) is 2. The summed E-state index contributed by atoms with van der Waals surface area (Å²) in [6, 6.07) is 7.95. The van der Waals surface area contributed by atoms with Crippen molar-refractivity contribution in [2.75, 3.05) is 18.5 Å². The lowest BCUT2D eigenvalue weighted by Crippen LogP contribution is -2.32. The first kappa shape index (κ1) is 26.4. The van der Waals surface area contributed by atoms with Crippen LogP contribution in [0.15, 0.2) is 41.7 Å². The van der Waals surface area contributed by atoms with Crippen molar-refractivity contribution in [3.05, 3.63) is 42.2 Å². The molecule has 0 unspecified atom stereocenters. The molecule has 0 bridgehead atoms. The quantitative estimate of drug-likeness (QED) is 0.184. The molecule has 0 aliphatic heterocycles. The topological polar surface area (TPSA) is 72.7 Å². The molecule has 0 atom stereocenters. The average Bonchev–Trinajstić information content (AvgIpc) is 3.18. The second kappa shape index (κ2) is 14.4. The van der Waals surface area contributed by atoms with E-state index in [0.29, 0.717) is 12.6 Å². The summed E-state index contributed by atoms with van der Waals surface area (Å²) < 4.78 is 13.6. The molecule has 1 saturated carbocycles. The van der Waals surface area contributed by atoms with Crippen LogP contribution < -0.4 is 15.4 Å². The first-order valence-corrected chi connectivity index (χ1v) is 11.5. The number of benzene rings is 1. The minimum atomic E-state index is 0. The summed E-state index contributed by atoms with van der Waals surface area (Å²) in [6.45, 7) is 6.21. The van der Waals surface area contributed by atoms with Gasteiger partial charge in [0, 0.05) is 37.6 Å². The van der Waals surface area contributed by atoms with Gasteiger partial charge in [-0.25, -0.2) is 4.99 Å². The monoisotopic (exact) mass is 555 g/mol. The molecule has 32 heavy (non-hydrogen) atoms. The summed E-state index contributed by atoms with van der Waals surface area (Å²) in [6.07, 6.45) is 11.8. The van der Waals surface area contributed by atoms with Crippen LogP contribution in [0, 0.1) is 0 Å². The number of aromatic nitrogens is 2. The number of guanidine groups is 1. The molecule has 0 spiro atoms. The highest BCUT2D eigenvalue weighted by atomic mass is 127. The maximum atomic E-state index is 6.03. The van der Waals surface area contributed by atoms with Crippen LogP contribution >= 0.6 is 24.0 Å². The molecule has 1 aromatic carbocycles. The van der Waals surface area contributed by atoms with Gasteiger partial charge in [-0.05, 0) is 57.4 Å². The zero-order valence-corrected chi connectivity index (χ0v) is 21.9. The smallest absolute Gasteiger partial charge is 0.196 e. The molecular weight excluding hydrogens is 517 g/mol. The summed E-state index contributed by atoms with van der Waals surface area (Å²) in [5, 5.41) is 11.0. The van der Waals surface area contributed by atoms with Crippen LogP contribution in [0.1, 0.15) is 57.9 Å². The Labute approximate surface area is 209 Å². The van der Waals surface area contributed by atoms with Gasteiger partial charge >= 0.3 is 0 Å². The summed E-state index contributed by atoms with van der Waals surface area (Å²) >= 11 is 0. The number of nitrogens with one attached hydrogen (secondary N) is 2. The fourth-order valence-electron chi connectivity index (χ4n) is 3.65. The molecule has 1 aromatic heterocycles. The lowest BCUT2D eigenvalue weighted by Gasteiger charge is -2.22. The van der Waals surface area contributed by atoms with Crippen LogP contribution in [-0.2, 0) is 18.3 Å². The molecule has 8 heteroatoms. The van der Waals surface area contributed by atoms with Crippen LogP contribution in [0.25, 0.3) is 0 Å². The van der Waals surface area contributed by atoms with Gasteiger partial charge in [-0.2, -0.15) is 5.10 Å². The Morgan fingerprint density at radius 1 is 1.19 bits per heavy atom. The van der Waals surface area contributed by atoms with Crippen LogP contribution in [0.3, 0.4) is 0 Å². The molecule has 2 aromatic rings. The second-order valence-electron chi connectivity index (χ2n) is 8.41. The number of halogens is 1. The van der Waals surface area contributed by atoms with Crippen molar-refractivity contribution in [1.29, 1.82) is 0 Å². The SMILES string of the molecule is CC(C)Oc1ccc(NC(=NCc2cnn(C)c2)NCCCOC2CCCCC2)cc1.I. The first-order chi connectivity index (χ1) is 15.1. The van der Waals surface area contributed by atoms with E-state index in [-0.39, 0.29) is 30.1 Å². The van der Waals surface area contributed by atoms with Crippen LogP contribution in [0.2, 0.25) is 0 Å². The van der Waals surface area contributed by atoms with Gasteiger partial charge < -0.3 is 20.1 Å². The van der Waals surface area contributed by atoms with Crippen molar-refractivity contribution in [3.63, 3.8) is 0 Å². The fraction of sp³-hybridized carbons (Fsp3) is 0.583. The van der Waals surface area contributed by atoms with Gasteiger partial charge in [-0.3, -0.25) is 4.68 Å². The van der Waals surface area contributed by atoms with Crippen LogP contribution in [0.5, 0.6) is 5.75 Å². The highest BCUT2D eigenvalue weighted by molar-refractivity contribution is 14.0. The van der Waals surface area contributed by atoms with Crippen LogP contribution in [-0.4, -0.2) is 41.1 Å². The molecular formula is C24H38IN5O2. The molecule has 0 radical (unpaired) electrons. The second-order valence-corrected chi connectivity index (χ2v) is 8.41. The van der Waals surface area contributed by atoms with Gasteiger partial charge in [0.1, 0.15) is 5.75 Å². The van der Waals surface area contributed by atoms with E-state index in [2.05, 4.69) is 15.7 Å². The minimum Gasteiger partial charge on any atom is -0.491 e. The van der Waals surface area contributed by atoms with E-state index in [4.69, 9.17) is 14.5 Å². The Hall–Kier alpha value is -1.81. The van der Waals surface area contributed by atoms with E-state index in [1.807, 2.05) is 57.6 Å². The number of rotatable bonds is 10. The molecule has 2 N–H and O–H groups in total. The Bertz CT molecular complexity index is 801. The number of anilines is 1. The Morgan fingerprint density at radius 2 is 1.94 bits per heavy atom. The zero-order chi connectivity index (χ0) is 21.9. The predicted molar refractivity (Wildman–Crippen MR) is 141 cm³/mol. The molecule has 3 rings (SSSR count). The highest BCUT2D eigenvalue weighted by Crippen LogP contribution is 2.20. The van der Waals surface area contributed by atoms with Gasteiger partial charge in [0.05, 0.1) is 24.9 Å². The van der Waals surface area contributed by atoms with E-state index in [1.165, 1.54) is 32.1 Å². The molecule has 1 heterocycles. The van der Waals surface area contributed by atoms with Crippen molar-refractivity contribution >= 4 is 35.6 Å². The lowest BCUT2D eigenvalue weighted by molar-refractivity contribution is 0.0277. The Balaban J connectivity index is 0.00000363. The molecule has 1 aliphatic rings. The summed E-state index contributed by atoms with van der Waals surface area (Å²) in [5.74, 6) is 1.61. The molecule has 1 fully saturated rings. The van der Waals surface area contributed by atoms with Gasteiger partial charge in [0.25, 0.3) is 0 Å². The minimum absolute atomic E-state index is 0. The number of ether oxygens (including phenoxy) is 2. The van der Waals surface area contributed by atoms with E-state index < -0.39 is 0 Å². The third kappa shape index (κ3) is 9.77. The molecule has 7 nitrogen and oxygen atoms in total. The largest absolute Gasteiger partial charge is 0.491 e. The van der Waals surface area contributed by atoms with Crippen molar-refractivity contribution in [3.8, 4) is 5.75 Å². The molecule has 178 valence electrons. The van der Waals surface area contributed by atoms with Crippen LogP contribution in [0.4, 0.5) is 5.69 Å². The first-order valence-electron chi connectivity index (χ1n) is 11.5. The summed E-state index contributed by atoms with van der Waals surface area (Å²) in [4.78, 5) is 4.73. The van der Waals surface area contributed by atoms with Crippen molar-refractivity contribution in [1.82, 2.24) is 15.1 Å². The van der Waals surface area contributed by atoms with Crippen molar-refractivity contribution < 1.29 is 9.47 Å². The number of nitrogens with zero attached hydrogens (tertiary/aromatic N) is 3. The van der Waals surface area contributed by atoms with Gasteiger partial charge in [0.2, 0.25) is 0 Å². The van der Waals surface area contributed by atoms with E-state index >= 15 is 0 Å². The summed E-state index contributed by atoms with van der Waals surface area (Å²) in [7, 11) is 1.91. The highest BCUT2D eigenvalue weighted by Gasteiger charge is 2.13. The van der Waals surface area contributed by atoms with Gasteiger partial charge in [0.15, 0.2) is 5.96 Å². The number of hydrogen-bond acceptors (Lipinski definition) is 4.